The maximum absolute atomic E-state index is 11.5. The van der Waals surface area contributed by atoms with Gasteiger partial charge in [-0.15, -0.1) is 0 Å². The van der Waals surface area contributed by atoms with Gasteiger partial charge in [0.2, 0.25) is 5.91 Å². The Hall–Kier alpha value is -1.20. The molecule has 0 spiro atoms. The van der Waals surface area contributed by atoms with Gasteiger partial charge in [-0.05, 0) is 19.1 Å². The molecule has 5 heteroatoms. The normalized spacial score (nSPS) is 14.0. The van der Waals surface area contributed by atoms with Crippen LogP contribution < -0.4 is 10.6 Å². The third kappa shape index (κ3) is 5.60. The van der Waals surface area contributed by atoms with Crippen LogP contribution >= 0.6 is 0 Å². The third-order valence-corrected chi connectivity index (χ3v) is 3.64. The van der Waals surface area contributed by atoms with Gasteiger partial charge in [0.25, 0.3) is 0 Å². The van der Waals surface area contributed by atoms with Crippen LogP contribution in [0, 0.1) is 0 Å². The Labute approximate surface area is 104 Å². The maximum atomic E-state index is 11.5. The van der Waals surface area contributed by atoms with E-state index in [0.29, 0.717) is 6.54 Å². The van der Waals surface area contributed by atoms with Crippen molar-refractivity contribution in [3.63, 3.8) is 0 Å². The van der Waals surface area contributed by atoms with Gasteiger partial charge < -0.3 is 10.6 Å². The summed E-state index contributed by atoms with van der Waals surface area (Å²) in [5, 5.41) is 5.80. The molecule has 0 saturated carbocycles. The van der Waals surface area contributed by atoms with Crippen molar-refractivity contribution >= 4 is 22.4 Å². The molecule has 2 N–H and O–H groups in total. The fraction of sp³-hybridized carbons (Fsp3) is 0.417. The summed E-state index contributed by atoms with van der Waals surface area (Å²) in [4.78, 5) is 11.5. The van der Waals surface area contributed by atoms with Crippen molar-refractivity contribution in [2.45, 2.75) is 12.2 Å². The van der Waals surface area contributed by atoms with Gasteiger partial charge in [0, 0.05) is 34.5 Å². The lowest BCUT2D eigenvalue weighted by molar-refractivity contribution is -0.115. The van der Waals surface area contributed by atoms with E-state index >= 15 is 0 Å². The van der Waals surface area contributed by atoms with E-state index in [0.717, 1.165) is 5.69 Å². The Balaban J connectivity index is 2.25. The van der Waals surface area contributed by atoms with Crippen molar-refractivity contribution in [1.82, 2.24) is 5.32 Å². The predicted octanol–water partition coefficient (Wildman–Crippen LogP) is 0.982. The second-order valence-corrected chi connectivity index (χ2v) is 5.66. The first-order chi connectivity index (χ1) is 8.09. The van der Waals surface area contributed by atoms with Crippen molar-refractivity contribution in [3.05, 3.63) is 30.3 Å². The number of amides is 1. The van der Waals surface area contributed by atoms with Gasteiger partial charge in [0.05, 0.1) is 6.54 Å². The largest absolute Gasteiger partial charge is 0.325 e. The molecular formula is C12H18N2O2S. The van der Waals surface area contributed by atoms with E-state index < -0.39 is 10.8 Å². The first-order valence-corrected chi connectivity index (χ1v) is 7.09. The molecule has 4 nitrogen and oxygen atoms in total. The van der Waals surface area contributed by atoms with Gasteiger partial charge in [-0.2, -0.15) is 0 Å². The first-order valence-electron chi connectivity index (χ1n) is 5.47. The van der Waals surface area contributed by atoms with Crippen molar-refractivity contribution in [1.29, 1.82) is 0 Å². The molecule has 0 aliphatic carbocycles. The summed E-state index contributed by atoms with van der Waals surface area (Å²) in [5.74, 6) is -0.0923. The summed E-state index contributed by atoms with van der Waals surface area (Å²) < 4.78 is 11.1. The van der Waals surface area contributed by atoms with E-state index in [4.69, 9.17) is 0 Å². The van der Waals surface area contributed by atoms with Crippen LogP contribution in [0.25, 0.3) is 0 Å². The quantitative estimate of drug-likeness (QED) is 0.795. The second kappa shape index (κ2) is 7.19. The molecule has 0 bridgehead atoms. The topological polar surface area (TPSA) is 58.2 Å². The standard InChI is InChI=1S/C12H18N2O2S/c1-10(17(2)16)8-13-9-12(15)14-11-6-4-3-5-7-11/h3-7,10,13H,8-9H2,1-2H3,(H,14,15). The molecule has 0 heterocycles. The van der Waals surface area contributed by atoms with E-state index in [9.17, 15) is 9.00 Å². The van der Waals surface area contributed by atoms with Crippen LogP contribution in [-0.4, -0.2) is 34.7 Å². The van der Waals surface area contributed by atoms with Crippen molar-refractivity contribution < 1.29 is 9.00 Å². The predicted molar refractivity (Wildman–Crippen MR) is 71.5 cm³/mol. The van der Waals surface area contributed by atoms with Crippen LogP contribution in [0.15, 0.2) is 30.3 Å². The fourth-order valence-corrected chi connectivity index (χ4v) is 1.59. The van der Waals surface area contributed by atoms with Crippen molar-refractivity contribution in [2.24, 2.45) is 0 Å². The number of carbonyl (C=O) groups excluding carboxylic acids is 1. The van der Waals surface area contributed by atoms with Gasteiger partial charge in [-0.3, -0.25) is 9.00 Å². The molecule has 1 rings (SSSR count). The van der Waals surface area contributed by atoms with Gasteiger partial charge in [0.1, 0.15) is 0 Å². The molecule has 1 aromatic carbocycles. The lowest BCUT2D eigenvalue weighted by Gasteiger charge is -2.10. The Morgan fingerprint density at radius 1 is 1.35 bits per heavy atom. The zero-order chi connectivity index (χ0) is 12.7. The van der Waals surface area contributed by atoms with Crippen LogP contribution in [0.2, 0.25) is 0 Å². The van der Waals surface area contributed by atoms with Gasteiger partial charge >= 0.3 is 0 Å². The number of carbonyl (C=O) groups is 1. The number of benzene rings is 1. The molecule has 2 unspecified atom stereocenters. The summed E-state index contributed by atoms with van der Waals surface area (Å²) in [7, 11) is -0.857. The van der Waals surface area contributed by atoms with Crippen LogP contribution in [0.5, 0.6) is 0 Å². The molecule has 94 valence electrons. The molecule has 17 heavy (non-hydrogen) atoms. The number of para-hydroxylation sites is 1. The number of anilines is 1. The Kier molecular flexibility index (Phi) is 5.86. The highest BCUT2D eigenvalue weighted by molar-refractivity contribution is 7.84. The Morgan fingerprint density at radius 3 is 2.59 bits per heavy atom. The molecule has 0 aliphatic heterocycles. The lowest BCUT2D eigenvalue weighted by atomic mass is 10.3. The minimum Gasteiger partial charge on any atom is -0.325 e. The number of hydrogen-bond acceptors (Lipinski definition) is 3. The van der Waals surface area contributed by atoms with Crippen molar-refractivity contribution in [3.8, 4) is 0 Å². The van der Waals surface area contributed by atoms with Crippen LogP contribution in [0.3, 0.4) is 0 Å². The average Bonchev–Trinajstić information content (AvgIpc) is 2.30. The number of hydrogen-bond donors (Lipinski definition) is 2. The summed E-state index contributed by atoms with van der Waals surface area (Å²) in [6.45, 7) is 2.69. The summed E-state index contributed by atoms with van der Waals surface area (Å²) >= 11 is 0. The number of nitrogens with one attached hydrogen (secondary N) is 2. The van der Waals surface area contributed by atoms with Gasteiger partial charge in [0.15, 0.2) is 0 Å². The smallest absolute Gasteiger partial charge is 0.238 e. The molecule has 0 radical (unpaired) electrons. The molecule has 0 aromatic heterocycles. The zero-order valence-corrected chi connectivity index (χ0v) is 10.9. The lowest BCUT2D eigenvalue weighted by Crippen LogP contribution is -2.34. The average molecular weight is 254 g/mol. The van der Waals surface area contributed by atoms with E-state index in [1.54, 1.807) is 6.26 Å². The van der Waals surface area contributed by atoms with E-state index in [1.807, 2.05) is 37.3 Å². The highest BCUT2D eigenvalue weighted by atomic mass is 32.2. The first kappa shape index (κ1) is 13.9. The molecule has 1 aromatic rings. The molecular weight excluding hydrogens is 236 g/mol. The molecule has 0 aliphatic rings. The zero-order valence-electron chi connectivity index (χ0n) is 10.1. The summed E-state index contributed by atoms with van der Waals surface area (Å²) in [6.07, 6.45) is 1.66. The monoisotopic (exact) mass is 254 g/mol. The molecule has 2 atom stereocenters. The van der Waals surface area contributed by atoms with E-state index in [1.165, 1.54) is 0 Å². The third-order valence-electron chi connectivity index (χ3n) is 2.34. The minimum atomic E-state index is -0.857. The maximum Gasteiger partial charge on any atom is 0.238 e. The molecule has 0 fully saturated rings. The van der Waals surface area contributed by atoms with Gasteiger partial charge in [-0.25, -0.2) is 0 Å². The van der Waals surface area contributed by atoms with E-state index in [-0.39, 0.29) is 17.7 Å². The Morgan fingerprint density at radius 2 is 2.00 bits per heavy atom. The van der Waals surface area contributed by atoms with E-state index in [2.05, 4.69) is 10.6 Å². The minimum absolute atomic E-state index is 0.0551. The molecule has 1 amide bonds. The van der Waals surface area contributed by atoms with Crippen molar-refractivity contribution in [2.75, 3.05) is 24.7 Å². The van der Waals surface area contributed by atoms with Gasteiger partial charge in [-0.1, -0.05) is 18.2 Å². The highest BCUT2D eigenvalue weighted by Gasteiger charge is 2.07. The SMILES string of the molecule is CC(CNCC(=O)Nc1ccccc1)S(C)=O. The van der Waals surface area contributed by atoms with Crippen LogP contribution in [-0.2, 0) is 15.6 Å². The molecule has 0 saturated heterocycles. The summed E-state index contributed by atoms with van der Waals surface area (Å²) in [6, 6.07) is 9.30. The van der Waals surface area contributed by atoms with Crippen LogP contribution in [0.1, 0.15) is 6.92 Å². The van der Waals surface area contributed by atoms with Crippen LogP contribution in [0.4, 0.5) is 5.69 Å². The second-order valence-electron chi connectivity index (χ2n) is 3.85. The highest BCUT2D eigenvalue weighted by Crippen LogP contribution is 2.03. The summed E-state index contributed by atoms with van der Waals surface area (Å²) in [5.41, 5.74) is 0.784. The number of rotatable bonds is 6. The fourth-order valence-electron chi connectivity index (χ4n) is 1.23. The Bertz CT molecular complexity index is 381.